The number of carbonyl (C=O) groups is 1. The molecule has 1 aromatic heterocycles. The molecule has 2 aliphatic rings. The van der Waals surface area contributed by atoms with E-state index >= 15 is 0 Å². The molecule has 0 aromatic carbocycles. The SMILES string of the molecule is O=C(CCC1CCCNC1)N(Cc1cccs1)C1CC1. The molecule has 1 saturated heterocycles. The van der Waals surface area contributed by atoms with Crippen LogP contribution in [0.2, 0.25) is 0 Å². The van der Waals surface area contributed by atoms with Crippen molar-refractivity contribution < 1.29 is 4.79 Å². The van der Waals surface area contributed by atoms with E-state index in [-0.39, 0.29) is 0 Å². The van der Waals surface area contributed by atoms with Crippen LogP contribution in [0.3, 0.4) is 0 Å². The molecule has 3 nitrogen and oxygen atoms in total. The average molecular weight is 292 g/mol. The summed E-state index contributed by atoms with van der Waals surface area (Å²) in [6.45, 7) is 3.07. The van der Waals surface area contributed by atoms with Crippen molar-refractivity contribution in [3.05, 3.63) is 22.4 Å². The van der Waals surface area contributed by atoms with Crippen molar-refractivity contribution in [2.24, 2.45) is 5.92 Å². The Bertz CT molecular complexity index is 422. The van der Waals surface area contributed by atoms with Crippen LogP contribution in [0.5, 0.6) is 0 Å². The smallest absolute Gasteiger partial charge is 0.223 e. The van der Waals surface area contributed by atoms with Gasteiger partial charge >= 0.3 is 0 Å². The van der Waals surface area contributed by atoms with Gasteiger partial charge in [-0.15, -0.1) is 11.3 Å². The fraction of sp³-hybridized carbons (Fsp3) is 0.688. The normalized spacial score (nSPS) is 22.7. The lowest BCUT2D eigenvalue weighted by Crippen LogP contribution is -2.34. The minimum Gasteiger partial charge on any atom is -0.335 e. The zero-order valence-electron chi connectivity index (χ0n) is 12.0. The third-order valence-corrected chi connectivity index (χ3v) is 5.24. The van der Waals surface area contributed by atoms with Crippen LogP contribution in [0.1, 0.15) is 43.4 Å². The highest BCUT2D eigenvalue weighted by Crippen LogP contribution is 2.30. The zero-order valence-corrected chi connectivity index (χ0v) is 12.8. The van der Waals surface area contributed by atoms with E-state index in [2.05, 4.69) is 27.7 Å². The second-order valence-electron chi connectivity index (χ2n) is 6.08. The maximum Gasteiger partial charge on any atom is 0.223 e. The van der Waals surface area contributed by atoms with Gasteiger partial charge in [-0.05, 0) is 62.6 Å². The van der Waals surface area contributed by atoms with Gasteiger partial charge in [0.25, 0.3) is 0 Å². The fourth-order valence-electron chi connectivity index (χ4n) is 3.02. The second kappa shape index (κ2) is 6.72. The third-order valence-electron chi connectivity index (χ3n) is 4.38. The standard InChI is InChI=1S/C16H24N2OS/c19-16(8-5-13-3-1-9-17-11-13)18(14-6-7-14)12-15-4-2-10-20-15/h2,4,10,13-14,17H,1,3,5-9,11-12H2. The van der Waals surface area contributed by atoms with Crippen LogP contribution in [0.4, 0.5) is 0 Å². The van der Waals surface area contributed by atoms with Crippen molar-refractivity contribution in [3.63, 3.8) is 0 Å². The molecule has 0 spiro atoms. The number of piperidine rings is 1. The molecule has 1 N–H and O–H groups in total. The van der Waals surface area contributed by atoms with Crippen molar-refractivity contribution in [3.8, 4) is 0 Å². The van der Waals surface area contributed by atoms with Crippen molar-refractivity contribution in [1.82, 2.24) is 10.2 Å². The van der Waals surface area contributed by atoms with E-state index in [0.29, 0.717) is 17.9 Å². The van der Waals surface area contributed by atoms with Crippen LogP contribution in [0, 0.1) is 5.92 Å². The van der Waals surface area contributed by atoms with Crippen molar-refractivity contribution >= 4 is 17.2 Å². The first kappa shape index (κ1) is 14.1. The summed E-state index contributed by atoms with van der Waals surface area (Å²) in [7, 11) is 0. The fourth-order valence-corrected chi connectivity index (χ4v) is 3.72. The van der Waals surface area contributed by atoms with Gasteiger partial charge < -0.3 is 10.2 Å². The molecule has 3 rings (SSSR count). The molecule has 4 heteroatoms. The monoisotopic (exact) mass is 292 g/mol. The molecule has 1 aromatic rings. The van der Waals surface area contributed by atoms with Crippen LogP contribution in [-0.2, 0) is 11.3 Å². The number of nitrogens with one attached hydrogen (secondary N) is 1. The van der Waals surface area contributed by atoms with Gasteiger partial charge in [0, 0.05) is 17.3 Å². The maximum absolute atomic E-state index is 12.5. The van der Waals surface area contributed by atoms with Crippen molar-refractivity contribution in [1.29, 1.82) is 0 Å². The van der Waals surface area contributed by atoms with Crippen molar-refractivity contribution in [2.75, 3.05) is 13.1 Å². The van der Waals surface area contributed by atoms with E-state index < -0.39 is 0 Å². The number of hydrogen-bond donors (Lipinski definition) is 1. The average Bonchev–Trinajstić information content (AvgIpc) is 3.20. The lowest BCUT2D eigenvalue weighted by molar-refractivity contribution is -0.132. The number of amides is 1. The summed E-state index contributed by atoms with van der Waals surface area (Å²) >= 11 is 1.76. The Morgan fingerprint density at radius 3 is 2.95 bits per heavy atom. The molecule has 1 atom stereocenters. The molecule has 1 aliphatic heterocycles. The molecule has 1 saturated carbocycles. The van der Waals surface area contributed by atoms with E-state index in [1.165, 1.54) is 30.6 Å². The molecular weight excluding hydrogens is 268 g/mol. The number of carbonyl (C=O) groups excluding carboxylic acids is 1. The van der Waals surface area contributed by atoms with Gasteiger partial charge in [-0.2, -0.15) is 0 Å². The minimum atomic E-state index is 0.367. The van der Waals surface area contributed by atoms with Gasteiger partial charge in [0.1, 0.15) is 0 Å². The van der Waals surface area contributed by atoms with Gasteiger partial charge in [0.15, 0.2) is 0 Å². The van der Waals surface area contributed by atoms with Gasteiger partial charge in [-0.1, -0.05) is 6.07 Å². The number of thiophene rings is 1. The zero-order chi connectivity index (χ0) is 13.8. The predicted octanol–water partition coefficient (Wildman–Crippen LogP) is 3.02. The van der Waals surface area contributed by atoms with Gasteiger partial charge in [0.2, 0.25) is 5.91 Å². The highest BCUT2D eigenvalue weighted by Gasteiger charge is 2.32. The lowest BCUT2D eigenvalue weighted by Gasteiger charge is -2.25. The Balaban J connectivity index is 1.50. The molecule has 2 fully saturated rings. The summed E-state index contributed by atoms with van der Waals surface area (Å²) in [5.41, 5.74) is 0. The first-order valence-electron chi connectivity index (χ1n) is 7.85. The Morgan fingerprint density at radius 2 is 2.30 bits per heavy atom. The molecule has 1 aliphatic carbocycles. The Morgan fingerprint density at radius 1 is 1.40 bits per heavy atom. The third kappa shape index (κ3) is 3.83. The Labute approximate surface area is 125 Å². The molecule has 0 bridgehead atoms. The van der Waals surface area contributed by atoms with Gasteiger partial charge in [-0.25, -0.2) is 0 Å². The highest BCUT2D eigenvalue weighted by molar-refractivity contribution is 7.09. The van der Waals surface area contributed by atoms with Gasteiger partial charge in [0.05, 0.1) is 6.54 Å². The largest absolute Gasteiger partial charge is 0.335 e. The molecule has 1 unspecified atom stereocenters. The number of rotatable bonds is 6. The molecule has 110 valence electrons. The van der Waals surface area contributed by atoms with Crippen LogP contribution >= 0.6 is 11.3 Å². The summed E-state index contributed by atoms with van der Waals surface area (Å²) in [5, 5.41) is 5.53. The number of hydrogen-bond acceptors (Lipinski definition) is 3. The predicted molar refractivity (Wildman–Crippen MR) is 82.7 cm³/mol. The van der Waals surface area contributed by atoms with E-state index in [0.717, 1.165) is 32.5 Å². The quantitative estimate of drug-likeness (QED) is 0.874. The molecular formula is C16H24N2OS. The van der Waals surface area contributed by atoms with E-state index in [4.69, 9.17) is 0 Å². The molecule has 0 radical (unpaired) electrons. The van der Waals surface area contributed by atoms with Crippen LogP contribution in [0.15, 0.2) is 17.5 Å². The minimum absolute atomic E-state index is 0.367. The number of nitrogens with zero attached hydrogens (tertiary/aromatic N) is 1. The summed E-state index contributed by atoms with van der Waals surface area (Å²) in [6, 6.07) is 4.73. The van der Waals surface area contributed by atoms with Crippen LogP contribution < -0.4 is 5.32 Å². The summed E-state index contributed by atoms with van der Waals surface area (Å²) in [4.78, 5) is 15.9. The van der Waals surface area contributed by atoms with Gasteiger partial charge in [-0.3, -0.25) is 4.79 Å². The van der Waals surface area contributed by atoms with Crippen molar-refractivity contribution in [2.45, 2.75) is 51.1 Å². The summed E-state index contributed by atoms with van der Waals surface area (Å²) < 4.78 is 0. The first-order chi connectivity index (χ1) is 9.83. The van der Waals surface area contributed by atoms with Crippen LogP contribution in [0.25, 0.3) is 0 Å². The lowest BCUT2D eigenvalue weighted by atomic mass is 9.94. The Hall–Kier alpha value is -0.870. The van der Waals surface area contributed by atoms with Crippen LogP contribution in [-0.4, -0.2) is 29.9 Å². The highest BCUT2D eigenvalue weighted by atomic mass is 32.1. The van der Waals surface area contributed by atoms with E-state index in [1.807, 2.05) is 0 Å². The molecule has 2 heterocycles. The summed E-state index contributed by atoms with van der Waals surface area (Å²) in [6.07, 6.45) is 6.73. The summed E-state index contributed by atoms with van der Waals surface area (Å²) in [5.74, 6) is 1.07. The Kier molecular flexibility index (Phi) is 4.73. The molecule has 1 amide bonds. The maximum atomic E-state index is 12.5. The second-order valence-corrected chi connectivity index (χ2v) is 7.12. The molecule has 20 heavy (non-hydrogen) atoms. The first-order valence-corrected chi connectivity index (χ1v) is 8.73. The van der Waals surface area contributed by atoms with E-state index in [9.17, 15) is 4.79 Å². The van der Waals surface area contributed by atoms with E-state index in [1.54, 1.807) is 11.3 Å². The topological polar surface area (TPSA) is 32.3 Å².